The van der Waals surface area contributed by atoms with Crippen molar-refractivity contribution in [1.82, 2.24) is 9.71 Å². The van der Waals surface area contributed by atoms with Crippen LogP contribution < -0.4 is 9.46 Å². The summed E-state index contributed by atoms with van der Waals surface area (Å²) in [7, 11) is -3.54. The molecule has 0 aliphatic carbocycles. The van der Waals surface area contributed by atoms with Gasteiger partial charge in [0.25, 0.3) is 5.91 Å². The number of aromatic nitrogens is 1. The van der Waals surface area contributed by atoms with Gasteiger partial charge in [-0.2, -0.15) is 18.4 Å². The van der Waals surface area contributed by atoms with Gasteiger partial charge >= 0.3 is 6.18 Å². The number of carbonyl (C=O) groups is 1. The molecule has 0 saturated carbocycles. The number of benzene rings is 2. The second-order valence-electron chi connectivity index (χ2n) is 6.32. The Hall–Kier alpha value is -3.91. The molecule has 3 rings (SSSR count). The molecule has 1 aromatic heterocycles. The summed E-state index contributed by atoms with van der Waals surface area (Å²) in [5.74, 6) is 1.50. The van der Waals surface area contributed by atoms with Gasteiger partial charge in [0.2, 0.25) is 0 Å². The number of hydrogen-bond acceptors (Lipinski definition) is 5. The predicted molar refractivity (Wildman–Crippen MR) is 108 cm³/mol. The Morgan fingerprint density at radius 1 is 1.16 bits per heavy atom. The summed E-state index contributed by atoms with van der Waals surface area (Å²) in [6, 6.07) is 11.3. The maximum atomic E-state index is 13.7. The van der Waals surface area contributed by atoms with Crippen LogP contribution in [0.25, 0.3) is 0 Å². The van der Waals surface area contributed by atoms with Crippen molar-refractivity contribution < 1.29 is 31.3 Å². The molecule has 11 heteroatoms. The SMILES string of the molecule is C=S(=O)(NC(=O)c1cnccc1C(F)(F)F)c1ccc(Oc2cccc(F)c2C#N)cc1. The maximum Gasteiger partial charge on any atom is 0.417 e. The molecule has 0 bridgehead atoms. The molecule has 1 unspecified atom stereocenters. The van der Waals surface area contributed by atoms with E-state index in [9.17, 15) is 26.6 Å². The van der Waals surface area contributed by atoms with Crippen LogP contribution in [0.2, 0.25) is 0 Å². The fraction of sp³-hybridized carbons (Fsp3) is 0.0476. The Morgan fingerprint density at radius 3 is 2.47 bits per heavy atom. The molecule has 1 N–H and O–H groups in total. The molecule has 6 nitrogen and oxygen atoms in total. The summed E-state index contributed by atoms with van der Waals surface area (Å²) >= 11 is 0. The molecule has 0 fully saturated rings. The van der Waals surface area contributed by atoms with E-state index >= 15 is 0 Å². The van der Waals surface area contributed by atoms with Crippen molar-refractivity contribution >= 4 is 21.5 Å². The molecular weight excluding hydrogens is 450 g/mol. The number of nitriles is 1. The van der Waals surface area contributed by atoms with E-state index in [2.05, 4.69) is 10.9 Å². The van der Waals surface area contributed by atoms with Gasteiger partial charge in [0.05, 0.1) is 20.8 Å². The summed E-state index contributed by atoms with van der Waals surface area (Å²) in [5.41, 5.74) is -2.33. The van der Waals surface area contributed by atoms with Gasteiger partial charge in [-0.3, -0.25) is 14.5 Å². The first-order chi connectivity index (χ1) is 15.0. The van der Waals surface area contributed by atoms with Gasteiger partial charge in [0.15, 0.2) is 0 Å². The molecule has 0 radical (unpaired) electrons. The third-order valence-corrected chi connectivity index (χ3v) is 5.70. The minimum atomic E-state index is -4.81. The summed E-state index contributed by atoms with van der Waals surface area (Å²) in [4.78, 5) is 15.9. The van der Waals surface area contributed by atoms with Crippen LogP contribution in [-0.2, 0) is 15.9 Å². The lowest BCUT2D eigenvalue weighted by Crippen LogP contribution is -2.32. The molecule has 32 heavy (non-hydrogen) atoms. The molecule has 1 atom stereocenters. The second kappa shape index (κ2) is 8.68. The zero-order valence-electron chi connectivity index (χ0n) is 16.0. The smallest absolute Gasteiger partial charge is 0.417 e. The van der Waals surface area contributed by atoms with Crippen LogP contribution in [-0.4, -0.2) is 21.0 Å². The highest BCUT2D eigenvalue weighted by molar-refractivity contribution is 7.99. The van der Waals surface area contributed by atoms with Gasteiger partial charge in [-0.25, -0.2) is 8.60 Å². The molecule has 3 aromatic rings. The van der Waals surface area contributed by atoms with Gasteiger partial charge in [0, 0.05) is 17.3 Å². The van der Waals surface area contributed by atoms with Gasteiger partial charge < -0.3 is 4.74 Å². The zero-order chi connectivity index (χ0) is 23.5. The number of halogens is 4. The highest BCUT2D eigenvalue weighted by atomic mass is 32.2. The van der Waals surface area contributed by atoms with Gasteiger partial charge in [-0.1, -0.05) is 6.07 Å². The maximum absolute atomic E-state index is 13.7. The zero-order valence-corrected chi connectivity index (χ0v) is 16.8. The number of rotatable bonds is 5. The van der Waals surface area contributed by atoms with Crippen molar-refractivity contribution in [1.29, 1.82) is 5.26 Å². The third-order valence-electron chi connectivity index (χ3n) is 4.15. The largest absolute Gasteiger partial charge is 0.456 e. The van der Waals surface area contributed by atoms with Crippen LogP contribution in [0.1, 0.15) is 21.5 Å². The average molecular weight is 463 g/mol. The van der Waals surface area contributed by atoms with E-state index < -0.39 is 38.7 Å². The van der Waals surface area contributed by atoms with E-state index in [0.29, 0.717) is 6.07 Å². The standard InChI is InChI=1S/C21H13F4N3O3S/c1-32(30,28-20(29)16-12-27-10-9-17(16)21(23,24)25)14-7-5-13(6-8-14)31-19-4-2-3-18(22)15(19)11-26/h2-10,12H,1H2,(H,28,29,30). The minimum absolute atomic E-state index is 0.00426. The molecule has 164 valence electrons. The fourth-order valence-electron chi connectivity index (χ4n) is 2.64. The Labute approximate surface area is 180 Å². The molecule has 0 saturated heterocycles. The van der Waals surface area contributed by atoms with E-state index in [4.69, 9.17) is 10.00 Å². The van der Waals surface area contributed by atoms with E-state index in [0.717, 1.165) is 18.5 Å². The van der Waals surface area contributed by atoms with Crippen LogP contribution >= 0.6 is 0 Å². The quantitative estimate of drug-likeness (QED) is 0.449. The first kappa shape index (κ1) is 22.8. The second-order valence-corrected chi connectivity index (χ2v) is 8.35. The number of nitrogens with one attached hydrogen (secondary N) is 1. The van der Waals surface area contributed by atoms with Crippen molar-refractivity contribution in [3.05, 3.63) is 83.4 Å². The number of amides is 1. The lowest BCUT2D eigenvalue weighted by molar-refractivity contribution is -0.138. The number of alkyl halides is 3. The van der Waals surface area contributed by atoms with Crippen LogP contribution in [0.5, 0.6) is 11.5 Å². The Bertz CT molecular complexity index is 1320. The normalized spacial score (nSPS) is 13.0. The summed E-state index contributed by atoms with van der Waals surface area (Å²) in [6.07, 6.45) is -3.21. The number of ether oxygens (including phenoxy) is 1. The molecule has 1 amide bonds. The molecule has 2 aromatic carbocycles. The Morgan fingerprint density at radius 2 is 1.84 bits per heavy atom. The molecule has 1 heterocycles. The number of hydrogen-bond donors (Lipinski definition) is 1. The fourth-order valence-corrected chi connectivity index (χ4v) is 3.74. The summed E-state index contributed by atoms with van der Waals surface area (Å²) in [5, 5.41) is 9.04. The van der Waals surface area contributed by atoms with Crippen molar-refractivity contribution in [2.45, 2.75) is 11.1 Å². The van der Waals surface area contributed by atoms with Crippen molar-refractivity contribution in [2.24, 2.45) is 0 Å². The first-order valence-corrected chi connectivity index (χ1v) is 10.4. The highest BCUT2D eigenvalue weighted by Gasteiger charge is 2.35. The Balaban J connectivity index is 1.82. The van der Waals surface area contributed by atoms with Crippen LogP contribution in [0, 0.1) is 17.1 Å². The molecule has 0 aliphatic rings. The molecule has 0 spiro atoms. The van der Waals surface area contributed by atoms with E-state index in [1.165, 1.54) is 36.4 Å². The number of carbonyl (C=O) groups excluding carboxylic acids is 1. The van der Waals surface area contributed by atoms with Crippen molar-refractivity contribution in [2.75, 3.05) is 0 Å². The van der Waals surface area contributed by atoms with E-state index in [1.807, 2.05) is 4.72 Å². The van der Waals surface area contributed by atoms with E-state index in [-0.39, 0.29) is 22.0 Å². The lowest BCUT2D eigenvalue weighted by Gasteiger charge is -2.15. The minimum Gasteiger partial charge on any atom is -0.456 e. The Kier molecular flexibility index (Phi) is 6.18. The topological polar surface area (TPSA) is 92.1 Å². The first-order valence-electron chi connectivity index (χ1n) is 8.70. The van der Waals surface area contributed by atoms with Gasteiger partial charge in [0.1, 0.15) is 28.9 Å². The van der Waals surface area contributed by atoms with Crippen LogP contribution in [0.4, 0.5) is 17.6 Å². The van der Waals surface area contributed by atoms with Gasteiger partial charge in [-0.15, -0.1) is 0 Å². The van der Waals surface area contributed by atoms with Gasteiger partial charge in [-0.05, 0) is 48.3 Å². The predicted octanol–water partition coefficient (Wildman–Crippen LogP) is 4.32. The summed E-state index contributed by atoms with van der Waals surface area (Å²) < 4.78 is 73.3. The van der Waals surface area contributed by atoms with Crippen molar-refractivity contribution in [3.63, 3.8) is 0 Å². The lowest BCUT2D eigenvalue weighted by atomic mass is 10.1. The van der Waals surface area contributed by atoms with E-state index in [1.54, 1.807) is 6.07 Å². The van der Waals surface area contributed by atoms with Crippen molar-refractivity contribution in [3.8, 4) is 17.6 Å². The summed E-state index contributed by atoms with van der Waals surface area (Å²) in [6.45, 7) is 0. The highest BCUT2D eigenvalue weighted by Crippen LogP contribution is 2.32. The van der Waals surface area contributed by atoms with Crippen LogP contribution in [0.15, 0.2) is 65.8 Å². The molecule has 0 aliphatic heterocycles. The number of nitrogens with zero attached hydrogens (tertiary/aromatic N) is 2. The average Bonchev–Trinajstić information content (AvgIpc) is 2.73. The van der Waals surface area contributed by atoms with Crippen LogP contribution in [0.3, 0.4) is 0 Å². The third kappa shape index (κ3) is 4.87. The number of pyridine rings is 1. The molecular formula is C21H13F4N3O3S. The monoisotopic (exact) mass is 463 g/mol.